The van der Waals surface area contributed by atoms with Gasteiger partial charge in [0.1, 0.15) is 0 Å². The number of aliphatic hydroxyl groups is 1. The number of nitrogens with zero attached hydrogens (tertiary/aromatic N) is 1. The predicted octanol–water partition coefficient (Wildman–Crippen LogP) is 4.53. The summed E-state index contributed by atoms with van der Waals surface area (Å²) in [6.45, 7) is 2.84. The van der Waals surface area contributed by atoms with Crippen LogP contribution in [0.1, 0.15) is 74.2 Å². The number of amides is 1. The molecule has 0 spiro atoms. The number of ether oxygens (including phenoxy) is 1. The second-order valence-electron chi connectivity index (χ2n) is 9.00. The van der Waals surface area contributed by atoms with Crippen LogP contribution in [-0.2, 0) is 16.0 Å². The second-order valence-corrected chi connectivity index (χ2v) is 9.00. The molecule has 5 nitrogen and oxygen atoms in total. The van der Waals surface area contributed by atoms with Crippen molar-refractivity contribution in [3.63, 3.8) is 0 Å². The van der Waals surface area contributed by atoms with E-state index in [4.69, 9.17) is 4.74 Å². The lowest BCUT2D eigenvalue weighted by Gasteiger charge is -2.36. The predicted molar refractivity (Wildman–Crippen MR) is 122 cm³/mol. The Kier molecular flexibility index (Phi) is 8.70. The first-order chi connectivity index (χ1) is 15.0. The van der Waals surface area contributed by atoms with Gasteiger partial charge in [0.25, 0.3) is 0 Å². The van der Waals surface area contributed by atoms with Gasteiger partial charge in [0, 0.05) is 13.0 Å². The van der Waals surface area contributed by atoms with Gasteiger partial charge in [0.2, 0.25) is 5.91 Å². The lowest BCUT2D eigenvalue weighted by atomic mass is 9.71. The van der Waals surface area contributed by atoms with E-state index in [-0.39, 0.29) is 17.9 Å². The SMILES string of the molecule is CCCCC(C(O)C=C[C@H]1CCC(=O)N1CCc1ccc(C(=O)OC)cc1)C1CCC1. The monoisotopic (exact) mass is 427 g/mol. The summed E-state index contributed by atoms with van der Waals surface area (Å²) in [4.78, 5) is 25.9. The molecule has 1 aliphatic carbocycles. The molecule has 31 heavy (non-hydrogen) atoms. The van der Waals surface area contributed by atoms with Crippen LogP contribution in [0.4, 0.5) is 0 Å². The molecule has 3 atom stereocenters. The van der Waals surface area contributed by atoms with E-state index < -0.39 is 6.10 Å². The Morgan fingerprint density at radius 3 is 2.61 bits per heavy atom. The average molecular weight is 428 g/mol. The number of aliphatic hydroxyl groups excluding tert-OH is 1. The lowest BCUT2D eigenvalue weighted by molar-refractivity contribution is -0.128. The molecular weight excluding hydrogens is 390 g/mol. The number of esters is 1. The number of benzene rings is 1. The minimum absolute atomic E-state index is 0.0599. The summed E-state index contributed by atoms with van der Waals surface area (Å²) in [5, 5.41) is 10.9. The highest BCUT2D eigenvalue weighted by molar-refractivity contribution is 5.89. The highest BCUT2D eigenvalue weighted by Crippen LogP contribution is 2.38. The zero-order valence-corrected chi connectivity index (χ0v) is 19.0. The van der Waals surface area contributed by atoms with Crippen molar-refractivity contribution in [3.05, 3.63) is 47.5 Å². The number of rotatable bonds is 11. The molecule has 2 unspecified atom stereocenters. The van der Waals surface area contributed by atoms with Crippen LogP contribution in [0.2, 0.25) is 0 Å². The van der Waals surface area contributed by atoms with Gasteiger partial charge >= 0.3 is 5.97 Å². The molecule has 2 fully saturated rings. The van der Waals surface area contributed by atoms with E-state index >= 15 is 0 Å². The summed E-state index contributed by atoms with van der Waals surface area (Å²) < 4.78 is 4.74. The van der Waals surface area contributed by atoms with Gasteiger partial charge in [-0.3, -0.25) is 4.79 Å². The van der Waals surface area contributed by atoms with Crippen LogP contribution in [0.15, 0.2) is 36.4 Å². The van der Waals surface area contributed by atoms with E-state index in [1.165, 1.54) is 26.4 Å². The van der Waals surface area contributed by atoms with Crippen molar-refractivity contribution >= 4 is 11.9 Å². The van der Waals surface area contributed by atoms with Crippen LogP contribution < -0.4 is 0 Å². The standard InChI is InChI=1S/C26H37NO4/c1-3-4-8-23(20-6-5-7-20)24(28)15-13-22-14-16-25(29)27(22)18-17-19-9-11-21(12-10-19)26(30)31-2/h9-13,15,20,22-24,28H,3-8,14,16-18H2,1-2H3/t22-,23?,24?/m0/s1. The fraction of sp³-hybridized carbons (Fsp3) is 0.615. The third-order valence-electron chi connectivity index (χ3n) is 7.01. The average Bonchev–Trinajstić information content (AvgIpc) is 3.11. The van der Waals surface area contributed by atoms with Gasteiger partial charge in [-0.2, -0.15) is 0 Å². The summed E-state index contributed by atoms with van der Waals surface area (Å²) in [5.41, 5.74) is 1.61. The van der Waals surface area contributed by atoms with E-state index in [0.29, 0.717) is 30.4 Å². The van der Waals surface area contributed by atoms with Gasteiger partial charge in [0.15, 0.2) is 0 Å². The first-order valence-electron chi connectivity index (χ1n) is 11.9. The molecule has 170 valence electrons. The third-order valence-corrected chi connectivity index (χ3v) is 7.01. The quantitative estimate of drug-likeness (QED) is 0.416. The van der Waals surface area contributed by atoms with Gasteiger partial charge in [-0.15, -0.1) is 0 Å². The Morgan fingerprint density at radius 2 is 2.00 bits per heavy atom. The van der Waals surface area contributed by atoms with Crippen molar-refractivity contribution < 1.29 is 19.4 Å². The van der Waals surface area contributed by atoms with E-state index in [2.05, 4.69) is 13.0 Å². The van der Waals surface area contributed by atoms with Gasteiger partial charge < -0.3 is 14.7 Å². The molecule has 1 aromatic carbocycles. The molecule has 0 aromatic heterocycles. The molecule has 0 bridgehead atoms. The summed E-state index contributed by atoms with van der Waals surface area (Å²) in [6, 6.07) is 7.41. The molecule has 1 amide bonds. The summed E-state index contributed by atoms with van der Waals surface area (Å²) in [7, 11) is 1.37. The highest BCUT2D eigenvalue weighted by atomic mass is 16.5. The third kappa shape index (κ3) is 6.19. The second kappa shape index (κ2) is 11.5. The Balaban J connectivity index is 1.56. The topological polar surface area (TPSA) is 66.8 Å². The fourth-order valence-corrected chi connectivity index (χ4v) is 4.80. The molecule has 2 aliphatic rings. The van der Waals surface area contributed by atoms with Gasteiger partial charge in [-0.25, -0.2) is 4.79 Å². The molecule has 1 aliphatic heterocycles. The zero-order chi connectivity index (χ0) is 22.2. The minimum atomic E-state index is -0.416. The smallest absolute Gasteiger partial charge is 0.337 e. The molecule has 3 rings (SSSR count). The zero-order valence-electron chi connectivity index (χ0n) is 19.0. The number of likely N-dealkylation sites (tertiary alicyclic amines) is 1. The van der Waals surface area contributed by atoms with E-state index in [1.54, 1.807) is 12.1 Å². The van der Waals surface area contributed by atoms with Crippen molar-refractivity contribution in [1.29, 1.82) is 0 Å². The summed E-state index contributed by atoms with van der Waals surface area (Å²) in [6.07, 6.45) is 12.9. The van der Waals surface area contributed by atoms with Crippen LogP contribution in [0, 0.1) is 11.8 Å². The fourth-order valence-electron chi connectivity index (χ4n) is 4.80. The molecule has 5 heteroatoms. The molecule has 1 saturated heterocycles. The first kappa shape index (κ1) is 23.5. The molecule has 1 aromatic rings. The van der Waals surface area contributed by atoms with E-state index in [0.717, 1.165) is 37.7 Å². The maximum absolute atomic E-state index is 12.4. The van der Waals surface area contributed by atoms with Gasteiger partial charge in [-0.05, 0) is 48.8 Å². The van der Waals surface area contributed by atoms with E-state index in [1.807, 2.05) is 23.1 Å². The molecule has 1 saturated carbocycles. The van der Waals surface area contributed by atoms with Crippen LogP contribution in [0.3, 0.4) is 0 Å². The van der Waals surface area contributed by atoms with Crippen molar-refractivity contribution in [2.24, 2.45) is 11.8 Å². The summed E-state index contributed by atoms with van der Waals surface area (Å²) >= 11 is 0. The van der Waals surface area contributed by atoms with Crippen molar-refractivity contribution in [1.82, 2.24) is 4.90 Å². The molecular formula is C26H37NO4. The van der Waals surface area contributed by atoms with Crippen molar-refractivity contribution in [2.45, 2.75) is 76.9 Å². The van der Waals surface area contributed by atoms with Crippen molar-refractivity contribution in [3.8, 4) is 0 Å². The number of carbonyl (C=O) groups is 2. The number of unbranched alkanes of at least 4 members (excludes halogenated alkanes) is 1. The Morgan fingerprint density at radius 1 is 1.26 bits per heavy atom. The van der Waals surface area contributed by atoms with Crippen molar-refractivity contribution in [2.75, 3.05) is 13.7 Å². The molecule has 1 heterocycles. The van der Waals surface area contributed by atoms with Crippen LogP contribution in [0.5, 0.6) is 0 Å². The Hall–Kier alpha value is -2.14. The maximum atomic E-state index is 12.4. The Bertz CT molecular complexity index is 753. The Labute approximate surface area is 186 Å². The normalized spacial score (nSPS) is 21.3. The van der Waals surface area contributed by atoms with Crippen LogP contribution >= 0.6 is 0 Å². The minimum Gasteiger partial charge on any atom is -0.465 e. The first-order valence-corrected chi connectivity index (χ1v) is 11.9. The maximum Gasteiger partial charge on any atom is 0.337 e. The van der Waals surface area contributed by atoms with Crippen LogP contribution in [-0.4, -0.2) is 47.7 Å². The number of carbonyl (C=O) groups excluding carboxylic acids is 2. The largest absolute Gasteiger partial charge is 0.465 e. The van der Waals surface area contributed by atoms with Gasteiger partial charge in [-0.1, -0.05) is 63.3 Å². The van der Waals surface area contributed by atoms with E-state index in [9.17, 15) is 14.7 Å². The summed E-state index contributed by atoms with van der Waals surface area (Å²) in [5.74, 6) is 0.838. The lowest BCUT2D eigenvalue weighted by Crippen LogP contribution is -2.34. The number of hydrogen-bond donors (Lipinski definition) is 1. The number of hydrogen-bond acceptors (Lipinski definition) is 4. The molecule has 1 N–H and O–H groups in total. The number of methoxy groups -OCH3 is 1. The van der Waals surface area contributed by atoms with Crippen LogP contribution in [0.25, 0.3) is 0 Å². The highest BCUT2D eigenvalue weighted by Gasteiger charge is 2.32. The molecule has 0 radical (unpaired) electrons. The van der Waals surface area contributed by atoms with Gasteiger partial charge in [0.05, 0.1) is 24.8 Å².